The molecule has 0 spiro atoms. The number of ether oxygens (including phenoxy) is 1. The Bertz CT molecular complexity index is 366. The summed E-state index contributed by atoms with van der Waals surface area (Å²) >= 11 is 0. The van der Waals surface area contributed by atoms with Crippen molar-refractivity contribution in [3.63, 3.8) is 0 Å². The first kappa shape index (κ1) is 11.2. The zero-order chi connectivity index (χ0) is 11.5. The van der Waals surface area contributed by atoms with Gasteiger partial charge < -0.3 is 14.5 Å². The van der Waals surface area contributed by atoms with Crippen LogP contribution in [0.4, 0.5) is 0 Å². The first-order valence-corrected chi connectivity index (χ1v) is 5.65. The molecule has 2 rings (SSSR count). The van der Waals surface area contributed by atoms with E-state index in [0.29, 0.717) is 11.3 Å². The smallest absolute Gasteiger partial charge is 0.255 e. The van der Waals surface area contributed by atoms with Gasteiger partial charge >= 0.3 is 0 Å². The molecule has 1 saturated heterocycles. The topological polar surface area (TPSA) is 51.5 Å². The Morgan fingerprint density at radius 1 is 1.62 bits per heavy atom. The lowest BCUT2D eigenvalue weighted by atomic mass is 10.1. The molecule has 2 heterocycles. The van der Waals surface area contributed by atoms with E-state index in [9.17, 15) is 4.79 Å². The van der Waals surface area contributed by atoms with Gasteiger partial charge in [0.1, 0.15) is 5.76 Å². The summed E-state index contributed by atoms with van der Waals surface area (Å²) in [4.78, 5) is 11.9. The Morgan fingerprint density at radius 3 is 3.00 bits per heavy atom. The fourth-order valence-corrected chi connectivity index (χ4v) is 1.99. The molecule has 88 valence electrons. The predicted molar refractivity (Wildman–Crippen MR) is 59.3 cm³/mol. The zero-order valence-electron chi connectivity index (χ0n) is 9.66. The summed E-state index contributed by atoms with van der Waals surface area (Å²) < 4.78 is 10.6. The van der Waals surface area contributed by atoms with Gasteiger partial charge in [-0.3, -0.25) is 4.79 Å². The molecule has 4 heteroatoms. The van der Waals surface area contributed by atoms with Gasteiger partial charge in [0.25, 0.3) is 5.91 Å². The highest BCUT2D eigenvalue weighted by Crippen LogP contribution is 2.16. The Morgan fingerprint density at radius 2 is 2.44 bits per heavy atom. The molecular weight excluding hydrogens is 206 g/mol. The number of aryl methyl sites for hydroxylation is 1. The third kappa shape index (κ3) is 2.27. The molecule has 0 unspecified atom stereocenters. The van der Waals surface area contributed by atoms with Crippen LogP contribution in [-0.2, 0) is 4.74 Å². The molecule has 2 atom stereocenters. The molecule has 0 saturated carbocycles. The van der Waals surface area contributed by atoms with Crippen molar-refractivity contribution in [2.24, 2.45) is 0 Å². The lowest BCUT2D eigenvalue weighted by Crippen LogP contribution is -2.40. The van der Waals surface area contributed by atoms with E-state index in [1.54, 1.807) is 13.0 Å². The molecule has 1 fully saturated rings. The third-order valence-electron chi connectivity index (χ3n) is 2.98. The van der Waals surface area contributed by atoms with Crippen molar-refractivity contribution >= 4 is 5.91 Å². The maximum absolute atomic E-state index is 11.9. The molecule has 16 heavy (non-hydrogen) atoms. The van der Waals surface area contributed by atoms with Crippen molar-refractivity contribution in [2.45, 2.75) is 38.8 Å². The van der Waals surface area contributed by atoms with Gasteiger partial charge in [-0.15, -0.1) is 0 Å². The molecular formula is C12H17NO3. The number of furan rings is 1. The van der Waals surface area contributed by atoms with Gasteiger partial charge in [-0.25, -0.2) is 0 Å². The van der Waals surface area contributed by atoms with Gasteiger partial charge in [-0.05, 0) is 32.8 Å². The van der Waals surface area contributed by atoms with Crippen molar-refractivity contribution in [1.29, 1.82) is 0 Å². The monoisotopic (exact) mass is 223 g/mol. The molecule has 0 bridgehead atoms. The van der Waals surface area contributed by atoms with Gasteiger partial charge in [0.2, 0.25) is 0 Å². The average molecular weight is 223 g/mol. The van der Waals surface area contributed by atoms with Crippen LogP contribution in [0.2, 0.25) is 0 Å². The minimum Gasteiger partial charge on any atom is -0.469 e. The summed E-state index contributed by atoms with van der Waals surface area (Å²) in [6.45, 7) is 4.56. The summed E-state index contributed by atoms with van der Waals surface area (Å²) in [6.07, 6.45) is 3.78. The molecule has 0 radical (unpaired) electrons. The Balaban J connectivity index is 1.94. The first-order chi connectivity index (χ1) is 7.68. The number of rotatable bonds is 3. The van der Waals surface area contributed by atoms with E-state index in [2.05, 4.69) is 5.32 Å². The molecule has 1 aliphatic heterocycles. The van der Waals surface area contributed by atoms with Crippen LogP contribution < -0.4 is 5.32 Å². The lowest BCUT2D eigenvalue weighted by Gasteiger charge is -2.19. The van der Waals surface area contributed by atoms with Crippen LogP contribution in [0.1, 0.15) is 35.9 Å². The highest BCUT2D eigenvalue weighted by atomic mass is 16.5. The lowest BCUT2D eigenvalue weighted by molar-refractivity contribution is 0.0711. The summed E-state index contributed by atoms with van der Waals surface area (Å²) in [5.74, 6) is 0.561. The van der Waals surface area contributed by atoms with E-state index in [4.69, 9.17) is 9.15 Å². The number of hydrogen-bond acceptors (Lipinski definition) is 3. The molecule has 1 N–H and O–H groups in total. The van der Waals surface area contributed by atoms with Gasteiger partial charge in [-0.1, -0.05) is 0 Å². The number of carbonyl (C=O) groups excluding carboxylic acids is 1. The number of nitrogens with one attached hydrogen (secondary N) is 1. The van der Waals surface area contributed by atoms with E-state index in [1.165, 1.54) is 6.26 Å². The summed E-state index contributed by atoms with van der Waals surface area (Å²) in [7, 11) is 0. The average Bonchev–Trinajstić information content (AvgIpc) is 2.86. The van der Waals surface area contributed by atoms with Crippen LogP contribution in [0, 0.1) is 6.92 Å². The normalized spacial score (nSPS) is 22.0. The SMILES string of the molecule is Cc1occc1C(=O)N[C@@H](C)[C@H]1CCCO1. The number of carbonyl (C=O) groups is 1. The second-order valence-corrected chi connectivity index (χ2v) is 4.20. The van der Waals surface area contributed by atoms with Crippen molar-refractivity contribution < 1.29 is 13.9 Å². The van der Waals surface area contributed by atoms with Crippen LogP contribution in [0.3, 0.4) is 0 Å². The second kappa shape index (κ2) is 4.70. The van der Waals surface area contributed by atoms with Crippen LogP contribution in [0.25, 0.3) is 0 Å². The number of hydrogen-bond donors (Lipinski definition) is 1. The van der Waals surface area contributed by atoms with Crippen molar-refractivity contribution in [2.75, 3.05) is 6.61 Å². The highest BCUT2D eigenvalue weighted by Gasteiger charge is 2.24. The van der Waals surface area contributed by atoms with Crippen molar-refractivity contribution in [3.8, 4) is 0 Å². The molecule has 1 aliphatic rings. The van der Waals surface area contributed by atoms with Crippen LogP contribution in [0.5, 0.6) is 0 Å². The molecule has 1 aromatic rings. The maximum atomic E-state index is 11.9. The molecule has 4 nitrogen and oxygen atoms in total. The fraction of sp³-hybridized carbons (Fsp3) is 0.583. The fourth-order valence-electron chi connectivity index (χ4n) is 1.99. The van der Waals surface area contributed by atoms with E-state index in [0.717, 1.165) is 19.4 Å². The van der Waals surface area contributed by atoms with Gasteiger partial charge in [-0.2, -0.15) is 0 Å². The van der Waals surface area contributed by atoms with Crippen molar-refractivity contribution in [1.82, 2.24) is 5.32 Å². The van der Waals surface area contributed by atoms with E-state index in [1.807, 2.05) is 6.92 Å². The van der Waals surface area contributed by atoms with Crippen molar-refractivity contribution in [3.05, 3.63) is 23.7 Å². The minimum absolute atomic E-state index is 0.0456. The van der Waals surface area contributed by atoms with E-state index in [-0.39, 0.29) is 18.1 Å². The van der Waals surface area contributed by atoms with Gasteiger partial charge in [0, 0.05) is 6.61 Å². The van der Waals surface area contributed by atoms with Gasteiger partial charge in [0.05, 0.1) is 24.0 Å². The quantitative estimate of drug-likeness (QED) is 0.851. The summed E-state index contributed by atoms with van der Waals surface area (Å²) in [6, 6.07) is 1.73. The second-order valence-electron chi connectivity index (χ2n) is 4.20. The first-order valence-electron chi connectivity index (χ1n) is 5.65. The molecule has 1 aromatic heterocycles. The van der Waals surface area contributed by atoms with Crippen LogP contribution in [-0.4, -0.2) is 24.7 Å². The van der Waals surface area contributed by atoms with E-state index < -0.39 is 0 Å². The van der Waals surface area contributed by atoms with Gasteiger partial charge in [0.15, 0.2) is 0 Å². The highest BCUT2D eigenvalue weighted by molar-refractivity contribution is 5.95. The number of amides is 1. The van der Waals surface area contributed by atoms with Crippen LogP contribution in [0.15, 0.2) is 16.7 Å². The summed E-state index contributed by atoms with van der Waals surface area (Å²) in [5.41, 5.74) is 0.602. The Labute approximate surface area is 95.0 Å². The Hall–Kier alpha value is -1.29. The molecule has 0 aliphatic carbocycles. The maximum Gasteiger partial charge on any atom is 0.255 e. The zero-order valence-corrected chi connectivity index (χ0v) is 9.66. The minimum atomic E-state index is -0.0887. The predicted octanol–water partition coefficient (Wildman–Crippen LogP) is 1.89. The Kier molecular flexibility index (Phi) is 3.29. The molecule has 1 amide bonds. The standard InChI is InChI=1S/C12H17NO3/c1-8(11-4-3-6-16-11)13-12(14)10-5-7-15-9(10)2/h5,7-8,11H,3-4,6H2,1-2H3,(H,13,14)/t8-,11+/m0/s1. The molecule has 0 aromatic carbocycles. The third-order valence-corrected chi connectivity index (χ3v) is 2.98. The van der Waals surface area contributed by atoms with E-state index >= 15 is 0 Å². The largest absolute Gasteiger partial charge is 0.469 e. The summed E-state index contributed by atoms with van der Waals surface area (Å²) in [5, 5.41) is 2.94. The van der Waals surface area contributed by atoms with Crippen LogP contribution >= 0.6 is 0 Å².